The van der Waals surface area contributed by atoms with Crippen molar-refractivity contribution < 1.29 is 26.3 Å². The molecule has 4 nitrogen and oxygen atoms in total. The van der Waals surface area contributed by atoms with Crippen LogP contribution in [0.5, 0.6) is 5.75 Å². The van der Waals surface area contributed by atoms with Crippen molar-refractivity contribution in [2.45, 2.75) is 17.1 Å². The molecule has 0 radical (unpaired) electrons. The summed E-state index contributed by atoms with van der Waals surface area (Å²) in [6.45, 7) is 0. The summed E-state index contributed by atoms with van der Waals surface area (Å²) >= 11 is 5.42. The van der Waals surface area contributed by atoms with Crippen molar-refractivity contribution >= 4 is 31.3 Å². The van der Waals surface area contributed by atoms with Crippen molar-refractivity contribution in [3.8, 4) is 11.8 Å². The van der Waals surface area contributed by atoms with Crippen LogP contribution in [0, 0.1) is 11.3 Å². The van der Waals surface area contributed by atoms with Crippen LogP contribution in [0.3, 0.4) is 0 Å². The molecule has 0 saturated heterocycles. The number of hydrogen-bond acceptors (Lipinski definition) is 4. The molecule has 0 fully saturated rings. The molecule has 0 atom stereocenters. The van der Waals surface area contributed by atoms with Gasteiger partial charge in [0.25, 0.3) is 9.05 Å². The van der Waals surface area contributed by atoms with Crippen LogP contribution < -0.4 is 4.74 Å². The Morgan fingerprint density at radius 3 is 2.32 bits per heavy atom. The number of nitriles is 1. The van der Waals surface area contributed by atoms with Gasteiger partial charge in [-0.1, -0.05) is 0 Å². The minimum Gasteiger partial charge on any atom is -0.405 e. The van der Waals surface area contributed by atoms with Gasteiger partial charge >= 0.3 is 6.36 Å². The highest BCUT2D eigenvalue weighted by atomic mass is 35.7. The lowest BCUT2D eigenvalue weighted by atomic mass is 10.1. The van der Waals surface area contributed by atoms with E-state index in [1.54, 1.807) is 0 Å². The van der Waals surface area contributed by atoms with E-state index in [0.717, 1.165) is 6.07 Å². The monoisotopic (exact) mass is 333 g/mol. The summed E-state index contributed by atoms with van der Waals surface area (Å²) in [4.78, 5) is -0.773. The molecular weight excluding hydrogens is 330 g/mol. The third-order valence-electron chi connectivity index (χ3n) is 1.92. The molecule has 0 aliphatic heterocycles. The molecule has 0 aliphatic rings. The maximum absolute atomic E-state index is 12.2. The van der Waals surface area contributed by atoms with Gasteiger partial charge in [-0.25, -0.2) is 8.42 Å². The zero-order valence-electron chi connectivity index (χ0n) is 8.83. The summed E-state index contributed by atoms with van der Waals surface area (Å²) in [5.41, 5.74) is -0.597. The fraction of sp³-hybridized carbons (Fsp3) is 0.222. The number of rotatable bonds is 3. The van der Waals surface area contributed by atoms with Crippen LogP contribution in [0.1, 0.15) is 11.1 Å². The number of hydrogen-bond donors (Lipinski definition) is 0. The number of benzene rings is 1. The van der Waals surface area contributed by atoms with E-state index in [2.05, 4.69) is 4.74 Å². The second-order valence-corrected chi connectivity index (χ2v) is 5.99. The lowest BCUT2D eigenvalue weighted by molar-refractivity contribution is -0.274. The molecular formula is C9H4Cl2F3NO3S. The van der Waals surface area contributed by atoms with Crippen LogP contribution in [0.15, 0.2) is 17.0 Å². The Bertz CT molecular complexity index is 637. The van der Waals surface area contributed by atoms with Crippen molar-refractivity contribution in [3.63, 3.8) is 0 Å². The van der Waals surface area contributed by atoms with Gasteiger partial charge in [0, 0.05) is 22.3 Å². The summed E-state index contributed by atoms with van der Waals surface area (Å²) in [7, 11) is 0.643. The van der Waals surface area contributed by atoms with Gasteiger partial charge in [0.05, 0.1) is 11.4 Å². The van der Waals surface area contributed by atoms with Gasteiger partial charge in [0.15, 0.2) is 0 Å². The van der Waals surface area contributed by atoms with Crippen LogP contribution in [-0.2, 0) is 14.9 Å². The molecule has 1 aromatic carbocycles. The fourth-order valence-electron chi connectivity index (χ4n) is 1.22. The summed E-state index contributed by atoms with van der Waals surface area (Å²) in [5, 5.41) is 8.75. The number of alkyl halides is 4. The molecule has 0 heterocycles. The lowest BCUT2D eigenvalue weighted by Gasteiger charge is -2.13. The first-order valence-corrected chi connectivity index (χ1v) is 7.26. The first kappa shape index (κ1) is 15.9. The molecule has 0 amide bonds. The summed E-state index contributed by atoms with van der Waals surface area (Å²) in [6.07, 6.45) is -5.03. The molecule has 19 heavy (non-hydrogen) atoms. The van der Waals surface area contributed by atoms with Crippen LogP contribution in [-0.4, -0.2) is 14.8 Å². The molecule has 0 bridgehead atoms. The Labute approximate surface area is 115 Å². The van der Waals surface area contributed by atoms with E-state index in [1.165, 1.54) is 6.07 Å². The minimum atomic E-state index is -5.03. The molecule has 104 valence electrons. The van der Waals surface area contributed by atoms with Crippen LogP contribution in [0.2, 0.25) is 0 Å². The summed E-state index contributed by atoms with van der Waals surface area (Å²) < 4.78 is 62.5. The van der Waals surface area contributed by atoms with Gasteiger partial charge in [-0.3, -0.25) is 0 Å². The van der Waals surface area contributed by atoms with Crippen molar-refractivity contribution in [1.29, 1.82) is 5.26 Å². The topological polar surface area (TPSA) is 67.2 Å². The lowest BCUT2D eigenvalue weighted by Crippen LogP contribution is -2.18. The van der Waals surface area contributed by atoms with Gasteiger partial charge in [-0.15, -0.1) is 24.8 Å². The van der Waals surface area contributed by atoms with E-state index in [4.69, 9.17) is 27.5 Å². The molecule has 0 unspecified atom stereocenters. The molecule has 1 aromatic rings. The third-order valence-corrected chi connectivity index (χ3v) is 3.57. The minimum absolute atomic E-state index is 0.181. The number of nitrogens with zero attached hydrogens (tertiary/aromatic N) is 1. The van der Waals surface area contributed by atoms with Crippen LogP contribution >= 0.6 is 22.3 Å². The second kappa shape index (κ2) is 5.45. The Balaban J connectivity index is 3.52. The van der Waals surface area contributed by atoms with E-state index in [-0.39, 0.29) is 5.56 Å². The molecule has 0 spiro atoms. The Morgan fingerprint density at radius 2 is 1.95 bits per heavy atom. The highest BCUT2D eigenvalue weighted by Gasteiger charge is 2.33. The predicted octanol–water partition coefficient (Wildman–Crippen LogP) is 3.12. The average molecular weight is 334 g/mol. The molecule has 0 aliphatic carbocycles. The summed E-state index contributed by atoms with van der Waals surface area (Å²) in [5.74, 6) is -1.22. The zero-order valence-corrected chi connectivity index (χ0v) is 11.2. The van der Waals surface area contributed by atoms with E-state index in [1.807, 2.05) is 0 Å². The smallest absolute Gasteiger partial charge is 0.405 e. The molecule has 10 heteroatoms. The highest BCUT2D eigenvalue weighted by Crippen LogP contribution is 2.33. The Morgan fingerprint density at radius 1 is 1.37 bits per heavy atom. The van der Waals surface area contributed by atoms with Gasteiger partial charge in [0.1, 0.15) is 16.7 Å². The predicted molar refractivity (Wildman–Crippen MR) is 60.4 cm³/mol. The van der Waals surface area contributed by atoms with Crippen molar-refractivity contribution in [2.75, 3.05) is 0 Å². The molecule has 0 aromatic heterocycles. The maximum Gasteiger partial charge on any atom is 0.573 e. The van der Waals surface area contributed by atoms with Crippen molar-refractivity contribution in [1.82, 2.24) is 0 Å². The van der Waals surface area contributed by atoms with E-state index >= 15 is 0 Å². The average Bonchev–Trinajstić information content (AvgIpc) is 2.25. The molecule has 0 N–H and O–H groups in total. The normalized spacial score (nSPS) is 12.0. The Kier molecular flexibility index (Phi) is 4.55. The molecule has 1 rings (SSSR count). The van der Waals surface area contributed by atoms with Gasteiger partial charge in [-0.2, -0.15) is 5.26 Å². The van der Waals surface area contributed by atoms with Crippen LogP contribution in [0.4, 0.5) is 13.2 Å². The first-order valence-electron chi connectivity index (χ1n) is 4.42. The largest absolute Gasteiger partial charge is 0.573 e. The summed E-state index contributed by atoms with van der Waals surface area (Å²) in [6, 6.07) is 2.91. The van der Waals surface area contributed by atoms with Gasteiger partial charge < -0.3 is 4.74 Å². The fourth-order valence-corrected chi connectivity index (χ4v) is 2.43. The SMILES string of the molecule is N#Cc1cc(CCl)c(OC(F)(F)F)cc1S(=O)(=O)Cl. The zero-order chi connectivity index (χ0) is 14.8. The van der Waals surface area contributed by atoms with E-state index in [0.29, 0.717) is 6.07 Å². The van der Waals surface area contributed by atoms with Gasteiger partial charge in [-0.05, 0) is 6.07 Å². The van der Waals surface area contributed by atoms with E-state index in [9.17, 15) is 21.6 Å². The maximum atomic E-state index is 12.2. The highest BCUT2D eigenvalue weighted by molar-refractivity contribution is 8.13. The van der Waals surface area contributed by atoms with Crippen molar-refractivity contribution in [2.24, 2.45) is 0 Å². The first-order chi connectivity index (χ1) is 8.58. The third kappa shape index (κ3) is 4.16. The second-order valence-electron chi connectivity index (χ2n) is 3.19. The van der Waals surface area contributed by atoms with Crippen LogP contribution in [0.25, 0.3) is 0 Å². The Hall–Kier alpha value is -1.17. The number of halogens is 5. The van der Waals surface area contributed by atoms with E-state index < -0.39 is 37.5 Å². The van der Waals surface area contributed by atoms with Gasteiger partial charge in [0.2, 0.25) is 0 Å². The molecule has 0 saturated carbocycles. The standard InChI is InChI=1S/C9H4Cl2F3NO3S/c10-3-5-1-6(4-15)8(19(11,16)17)2-7(5)18-9(12,13)14/h1-2H,3H2. The number of ether oxygens (including phenoxy) is 1. The quantitative estimate of drug-likeness (QED) is 0.629. The van der Waals surface area contributed by atoms with Crippen molar-refractivity contribution in [3.05, 3.63) is 23.3 Å².